The number of ether oxygens (including phenoxy) is 1. The molecule has 1 saturated heterocycles. The van der Waals surface area contributed by atoms with Crippen molar-refractivity contribution in [2.24, 2.45) is 16.5 Å². The zero-order valence-electron chi connectivity index (χ0n) is 21.8. The lowest BCUT2D eigenvalue weighted by molar-refractivity contribution is -0.166. The van der Waals surface area contributed by atoms with Gasteiger partial charge in [-0.05, 0) is 34.7 Å². The van der Waals surface area contributed by atoms with Crippen LogP contribution >= 0.6 is 0 Å². The van der Waals surface area contributed by atoms with Crippen molar-refractivity contribution in [3.8, 4) is 0 Å². The average molecular weight is 504 g/mol. The van der Waals surface area contributed by atoms with Crippen LogP contribution in [-0.4, -0.2) is 44.2 Å². The Labute approximate surface area is 215 Å². The maximum absolute atomic E-state index is 13.7. The summed E-state index contributed by atoms with van der Waals surface area (Å²) in [5.74, 6) is 0.422. The molecular formula is C30H37NO4Si. The number of benzene rings is 2. The summed E-state index contributed by atoms with van der Waals surface area (Å²) in [5.41, 5.74) is -0.0171. The van der Waals surface area contributed by atoms with E-state index >= 15 is 0 Å². The van der Waals surface area contributed by atoms with Gasteiger partial charge < -0.3 is 14.0 Å². The van der Waals surface area contributed by atoms with Crippen LogP contribution in [0.4, 0.5) is 0 Å². The highest BCUT2D eigenvalue weighted by molar-refractivity contribution is 6.99. The van der Waals surface area contributed by atoms with Crippen LogP contribution in [0, 0.1) is 11.3 Å². The van der Waals surface area contributed by atoms with Crippen LogP contribution in [0.25, 0.3) is 0 Å². The molecule has 0 bridgehead atoms. The molecule has 5 nitrogen and oxygen atoms in total. The van der Waals surface area contributed by atoms with E-state index in [0.717, 1.165) is 25.0 Å². The largest absolute Gasteiger partial charge is 0.405 e. The van der Waals surface area contributed by atoms with E-state index in [4.69, 9.17) is 14.0 Å². The van der Waals surface area contributed by atoms with Gasteiger partial charge in [0.2, 0.25) is 0 Å². The molecule has 2 aliphatic carbocycles. The third-order valence-electron chi connectivity index (χ3n) is 9.39. The Hall–Kier alpha value is -2.28. The molecule has 4 aliphatic rings. The molecule has 5 atom stereocenters. The van der Waals surface area contributed by atoms with Gasteiger partial charge in [-0.1, -0.05) is 93.5 Å². The van der Waals surface area contributed by atoms with E-state index in [9.17, 15) is 4.79 Å². The van der Waals surface area contributed by atoms with E-state index in [1.54, 1.807) is 0 Å². The van der Waals surface area contributed by atoms with Gasteiger partial charge >= 0.3 is 0 Å². The summed E-state index contributed by atoms with van der Waals surface area (Å²) >= 11 is 0. The summed E-state index contributed by atoms with van der Waals surface area (Å²) in [6, 6.07) is 21.3. The van der Waals surface area contributed by atoms with E-state index in [2.05, 4.69) is 93.5 Å². The summed E-state index contributed by atoms with van der Waals surface area (Å²) < 4.78 is 14.0. The monoisotopic (exact) mass is 503 g/mol. The molecule has 6 heteroatoms. The minimum atomic E-state index is -2.69. The van der Waals surface area contributed by atoms with Gasteiger partial charge in [0.1, 0.15) is 11.7 Å². The fourth-order valence-corrected chi connectivity index (χ4v) is 12.4. The maximum atomic E-state index is 13.7. The first kappa shape index (κ1) is 24.1. The van der Waals surface area contributed by atoms with Gasteiger partial charge in [0.05, 0.1) is 18.4 Å². The number of fused-ring (bicyclic) bond motifs is 1. The normalized spacial score (nSPS) is 33.5. The van der Waals surface area contributed by atoms with Gasteiger partial charge in [-0.2, -0.15) is 0 Å². The third-order valence-corrected chi connectivity index (χ3v) is 14.4. The van der Waals surface area contributed by atoms with Crippen LogP contribution in [0.1, 0.15) is 59.8 Å². The van der Waals surface area contributed by atoms with Crippen LogP contribution in [-0.2, 0) is 18.8 Å². The quantitative estimate of drug-likeness (QED) is 0.559. The minimum Gasteiger partial charge on any atom is -0.405 e. The molecule has 6 rings (SSSR count). The second-order valence-corrected chi connectivity index (χ2v) is 16.7. The van der Waals surface area contributed by atoms with E-state index < -0.39 is 13.9 Å². The summed E-state index contributed by atoms with van der Waals surface area (Å²) in [5, 5.41) is 6.79. The van der Waals surface area contributed by atoms with Crippen molar-refractivity contribution in [2.45, 2.75) is 82.6 Å². The van der Waals surface area contributed by atoms with Crippen molar-refractivity contribution in [3.05, 3.63) is 60.7 Å². The van der Waals surface area contributed by atoms with Crippen LogP contribution in [0.2, 0.25) is 5.04 Å². The second-order valence-electron chi connectivity index (χ2n) is 12.4. The van der Waals surface area contributed by atoms with Crippen molar-refractivity contribution in [3.63, 3.8) is 0 Å². The van der Waals surface area contributed by atoms with Crippen molar-refractivity contribution in [2.75, 3.05) is 6.61 Å². The Morgan fingerprint density at radius 2 is 1.69 bits per heavy atom. The molecule has 0 aromatic heterocycles. The minimum absolute atomic E-state index is 0.0990. The molecule has 1 spiro atoms. The first-order valence-corrected chi connectivity index (χ1v) is 15.3. The molecule has 36 heavy (non-hydrogen) atoms. The van der Waals surface area contributed by atoms with Crippen molar-refractivity contribution in [1.82, 2.24) is 0 Å². The molecule has 2 aromatic rings. The molecular weight excluding hydrogens is 466 g/mol. The zero-order chi connectivity index (χ0) is 25.2. The molecule has 2 heterocycles. The molecule has 0 N–H and O–H groups in total. The number of carbonyl (C=O) groups is 1. The maximum Gasteiger partial charge on any atom is 0.261 e. The van der Waals surface area contributed by atoms with Crippen LogP contribution < -0.4 is 10.4 Å². The zero-order valence-corrected chi connectivity index (χ0v) is 22.8. The van der Waals surface area contributed by atoms with Crippen molar-refractivity contribution < 1.29 is 18.8 Å². The topological polar surface area (TPSA) is 57.1 Å². The average Bonchev–Trinajstić information content (AvgIpc) is 3.50. The fourth-order valence-electron chi connectivity index (χ4n) is 7.77. The van der Waals surface area contributed by atoms with Gasteiger partial charge in [-0.3, -0.25) is 4.79 Å². The molecule has 2 saturated carbocycles. The number of oxime groups is 1. The summed E-state index contributed by atoms with van der Waals surface area (Å²) in [4.78, 5) is 19.5. The van der Waals surface area contributed by atoms with Crippen LogP contribution in [0.5, 0.6) is 0 Å². The Morgan fingerprint density at radius 3 is 2.31 bits per heavy atom. The lowest BCUT2D eigenvalue weighted by Gasteiger charge is -2.46. The molecule has 3 fully saturated rings. The van der Waals surface area contributed by atoms with E-state index in [1.807, 2.05) is 0 Å². The van der Waals surface area contributed by atoms with Gasteiger partial charge in [-0.15, -0.1) is 0 Å². The van der Waals surface area contributed by atoms with E-state index in [-0.39, 0.29) is 34.4 Å². The highest BCUT2D eigenvalue weighted by Gasteiger charge is 2.71. The van der Waals surface area contributed by atoms with Gasteiger partial charge in [0.25, 0.3) is 8.32 Å². The predicted octanol–water partition coefficient (Wildman–Crippen LogP) is 4.62. The number of carbonyl (C=O) groups excluding carboxylic acids is 1. The Balaban J connectivity index is 1.33. The standard InChI is InChI=1S/C30H37NO4Si/c1-28(2,3)36(22-12-7-5-8-13-22,23-14-9-6-10-15-23)33-20-21-18-26(32)30(34-21)19-24-27-25(35-31-24)16-11-17-29(27,30)4/h5-10,12-15,21,25,27H,11,16-20H2,1-4H3/t21-,25+,27+,29-,30-/m0/s1. The van der Waals surface area contributed by atoms with Gasteiger partial charge in [0.15, 0.2) is 5.78 Å². The van der Waals surface area contributed by atoms with E-state index in [1.165, 1.54) is 10.4 Å². The smallest absolute Gasteiger partial charge is 0.261 e. The number of ketones is 1. The lowest BCUT2D eigenvalue weighted by atomic mass is 9.61. The number of hydrogen-bond donors (Lipinski definition) is 0. The SMILES string of the molecule is CC(C)(C)[Si](OC[C@@H]1CC(=O)[C@]2(CC3=NO[C@@H]4CCC[C@@]2(C)[C@H]34)O1)(c1ccccc1)c1ccccc1. The second kappa shape index (κ2) is 8.37. The molecule has 190 valence electrons. The first-order valence-electron chi connectivity index (χ1n) is 13.4. The molecule has 0 radical (unpaired) electrons. The number of Topliss-reactive ketones (excluding diaryl/α,β-unsaturated/α-hetero) is 1. The molecule has 0 unspecified atom stereocenters. The highest BCUT2D eigenvalue weighted by atomic mass is 28.4. The Kier molecular flexibility index (Phi) is 5.60. The Morgan fingerprint density at radius 1 is 1.06 bits per heavy atom. The van der Waals surface area contributed by atoms with Crippen molar-refractivity contribution >= 4 is 30.2 Å². The van der Waals surface area contributed by atoms with E-state index in [0.29, 0.717) is 19.4 Å². The van der Waals surface area contributed by atoms with Crippen LogP contribution in [0.3, 0.4) is 0 Å². The Bertz CT molecular complexity index is 1140. The summed E-state index contributed by atoms with van der Waals surface area (Å²) in [7, 11) is -2.69. The molecule has 2 aliphatic heterocycles. The summed E-state index contributed by atoms with van der Waals surface area (Å²) in [6.07, 6.45) is 3.85. The number of rotatable bonds is 5. The molecule has 0 amide bonds. The third kappa shape index (κ3) is 3.27. The van der Waals surface area contributed by atoms with Gasteiger partial charge in [0, 0.05) is 24.2 Å². The van der Waals surface area contributed by atoms with Crippen molar-refractivity contribution in [1.29, 1.82) is 0 Å². The van der Waals surface area contributed by atoms with Crippen LogP contribution in [0.15, 0.2) is 65.8 Å². The number of hydrogen-bond acceptors (Lipinski definition) is 5. The lowest BCUT2D eigenvalue weighted by Crippen LogP contribution is -2.67. The first-order chi connectivity index (χ1) is 17.2. The number of nitrogens with zero attached hydrogens (tertiary/aromatic N) is 1. The molecule has 2 aromatic carbocycles. The predicted molar refractivity (Wildman–Crippen MR) is 143 cm³/mol. The highest BCUT2D eigenvalue weighted by Crippen LogP contribution is 2.62. The fraction of sp³-hybridized carbons (Fsp3) is 0.533. The van der Waals surface area contributed by atoms with Gasteiger partial charge in [-0.25, -0.2) is 0 Å². The summed E-state index contributed by atoms with van der Waals surface area (Å²) in [6.45, 7) is 9.49.